The molecule has 2 aromatic rings. The summed E-state index contributed by atoms with van der Waals surface area (Å²) in [6.45, 7) is 0. The molecule has 0 radical (unpaired) electrons. The number of hydrogen-bond acceptors (Lipinski definition) is 6. The number of aromatic nitrogens is 2. The largest absolute Gasteiger partial charge is 0.374 e. The van der Waals surface area contributed by atoms with Crippen LogP contribution < -0.4 is 10.2 Å². The van der Waals surface area contributed by atoms with E-state index in [0.717, 1.165) is 9.90 Å². The molecule has 0 aromatic carbocycles. The summed E-state index contributed by atoms with van der Waals surface area (Å²) in [5.74, 6) is 2.16. The van der Waals surface area contributed by atoms with Crippen molar-refractivity contribution < 1.29 is 4.79 Å². The smallest absolute Gasteiger partial charge is 0.293 e. The third kappa shape index (κ3) is 3.54. The first kappa shape index (κ1) is 15.4. The molecule has 0 atom stereocenters. The summed E-state index contributed by atoms with van der Waals surface area (Å²) in [6.07, 6.45) is 8.97. The van der Waals surface area contributed by atoms with E-state index in [1.54, 1.807) is 34.2 Å². The fourth-order valence-corrected chi connectivity index (χ4v) is 2.93. The molecule has 0 unspecified atom stereocenters. The lowest BCUT2D eigenvalue weighted by atomic mass is 10.3. The zero-order chi connectivity index (χ0) is 15.4. The lowest BCUT2D eigenvalue weighted by molar-refractivity contribution is 0.101. The third-order valence-electron chi connectivity index (χ3n) is 2.63. The van der Waals surface area contributed by atoms with Crippen molar-refractivity contribution in [3.05, 3.63) is 29.2 Å². The molecule has 0 saturated heterocycles. The van der Waals surface area contributed by atoms with Gasteiger partial charge in [0.2, 0.25) is 5.82 Å². The molecule has 21 heavy (non-hydrogen) atoms. The van der Waals surface area contributed by atoms with Crippen LogP contribution >= 0.6 is 23.1 Å². The predicted molar refractivity (Wildman–Crippen MR) is 88.3 cm³/mol. The van der Waals surface area contributed by atoms with E-state index in [0.29, 0.717) is 11.4 Å². The Balaban J connectivity index is 2.21. The number of carbonyl (C=O) groups excluding carboxylic acids is 1. The van der Waals surface area contributed by atoms with Crippen molar-refractivity contribution in [2.75, 3.05) is 30.6 Å². The Bertz CT molecular complexity index is 703. The molecule has 0 aliphatic rings. The maximum atomic E-state index is 12.1. The summed E-state index contributed by atoms with van der Waals surface area (Å²) in [5, 5.41) is 4.64. The average molecular weight is 318 g/mol. The highest BCUT2D eigenvalue weighted by Crippen LogP contribution is 2.27. The number of thioether (sulfide) groups is 1. The molecule has 5 nitrogen and oxygen atoms in total. The summed E-state index contributed by atoms with van der Waals surface area (Å²) >= 11 is 3.20. The average Bonchev–Trinajstić information content (AvgIpc) is 2.93. The summed E-state index contributed by atoms with van der Waals surface area (Å²) in [4.78, 5) is 22.1. The fraction of sp³-hybridized carbons (Fsp3) is 0.214. The lowest BCUT2D eigenvalue weighted by Crippen LogP contribution is -2.18. The maximum absolute atomic E-state index is 12.1. The van der Waals surface area contributed by atoms with E-state index in [2.05, 4.69) is 21.2 Å². The van der Waals surface area contributed by atoms with E-state index >= 15 is 0 Å². The van der Waals surface area contributed by atoms with Crippen molar-refractivity contribution in [3.63, 3.8) is 0 Å². The number of nitrogens with one attached hydrogen (secondary N) is 1. The van der Waals surface area contributed by atoms with Gasteiger partial charge in [-0.2, -0.15) is 0 Å². The number of hydrogen-bond donors (Lipinski definition) is 1. The zero-order valence-corrected chi connectivity index (χ0v) is 13.5. The van der Waals surface area contributed by atoms with Crippen LogP contribution in [0.3, 0.4) is 0 Å². The van der Waals surface area contributed by atoms with Crippen molar-refractivity contribution in [2.45, 2.75) is 4.21 Å². The number of amides is 1. The molecule has 7 heteroatoms. The van der Waals surface area contributed by atoms with Gasteiger partial charge in [0.15, 0.2) is 0 Å². The van der Waals surface area contributed by atoms with Crippen LogP contribution in [0.4, 0.5) is 11.4 Å². The van der Waals surface area contributed by atoms with E-state index in [-0.39, 0.29) is 11.7 Å². The Kier molecular flexibility index (Phi) is 4.83. The van der Waals surface area contributed by atoms with E-state index in [1.807, 2.05) is 31.8 Å². The Hall–Kier alpha value is -2.04. The molecule has 0 bridgehead atoms. The second kappa shape index (κ2) is 6.61. The highest BCUT2D eigenvalue weighted by Gasteiger charge is 2.14. The summed E-state index contributed by atoms with van der Waals surface area (Å²) in [6, 6.07) is 1.91. The highest BCUT2D eigenvalue weighted by atomic mass is 32.2. The number of nitrogens with zero attached hydrogens (tertiary/aromatic N) is 3. The first-order valence-electron chi connectivity index (χ1n) is 6.00. The van der Waals surface area contributed by atoms with E-state index in [4.69, 9.17) is 6.42 Å². The maximum Gasteiger partial charge on any atom is 0.293 e. The van der Waals surface area contributed by atoms with Crippen LogP contribution in [0, 0.1) is 12.3 Å². The van der Waals surface area contributed by atoms with Crippen LogP contribution in [0.25, 0.3) is 0 Å². The molecule has 1 N–H and O–H groups in total. The predicted octanol–water partition coefficient (Wildman–Crippen LogP) is 2.56. The van der Waals surface area contributed by atoms with Crippen LogP contribution in [0.15, 0.2) is 21.9 Å². The van der Waals surface area contributed by atoms with Gasteiger partial charge in [-0.15, -0.1) is 29.5 Å². The summed E-state index contributed by atoms with van der Waals surface area (Å²) in [7, 11) is 3.68. The Morgan fingerprint density at radius 1 is 1.52 bits per heavy atom. The van der Waals surface area contributed by atoms with Gasteiger partial charge in [0, 0.05) is 19.5 Å². The summed E-state index contributed by atoms with van der Waals surface area (Å²) in [5.41, 5.74) is 1.83. The Morgan fingerprint density at radius 2 is 2.29 bits per heavy atom. The lowest BCUT2D eigenvalue weighted by Gasteiger charge is -2.13. The quantitative estimate of drug-likeness (QED) is 0.693. The number of thiophene rings is 1. The molecule has 2 aromatic heterocycles. The number of anilines is 2. The minimum Gasteiger partial charge on any atom is -0.374 e. The number of rotatable bonds is 4. The second-order valence-corrected chi connectivity index (χ2v) is 6.30. The second-order valence-electron chi connectivity index (χ2n) is 4.28. The third-order valence-corrected chi connectivity index (χ3v) is 4.66. The van der Waals surface area contributed by atoms with Crippen LogP contribution in [-0.2, 0) is 0 Å². The molecule has 2 rings (SSSR count). The van der Waals surface area contributed by atoms with E-state index in [9.17, 15) is 4.79 Å². The molecular formula is C14H14N4OS2. The van der Waals surface area contributed by atoms with Crippen molar-refractivity contribution in [2.24, 2.45) is 0 Å². The highest BCUT2D eigenvalue weighted by molar-refractivity contribution is 8.00. The van der Waals surface area contributed by atoms with Crippen LogP contribution in [0.2, 0.25) is 0 Å². The minimum absolute atomic E-state index is 0.0606. The Labute approximate surface area is 131 Å². The monoisotopic (exact) mass is 318 g/mol. The van der Waals surface area contributed by atoms with Crippen molar-refractivity contribution in [1.29, 1.82) is 0 Å². The van der Waals surface area contributed by atoms with Crippen LogP contribution in [0.1, 0.15) is 16.3 Å². The molecule has 2 heterocycles. The van der Waals surface area contributed by atoms with Gasteiger partial charge in [-0.1, -0.05) is 0 Å². The van der Waals surface area contributed by atoms with Gasteiger partial charge in [-0.05, 0) is 18.2 Å². The molecule has 108 valence electrons. The van der Waals surface area contributed by atoms with Gasteiger partial charge in [-0.25, -0.2) is 9.97 Å². The normalized spacial score (nSPS) is 10.0. The molecule has 0 aliphatic heterocycles. The molecule has 1 amide bonds. The number of terminal acetylenes is 1. The van der Waals surface area contributed by atoms with E-state index in [1.165, 1.54) is 0 Å². The molecular weight excluding hydrogens is 304 g/mol. The van der Waals surface area contributed by atoms with Gasteiger partial charge < -0.3 is 10.2 Å². The number of carbonyl (C=O) groups is 1. The van der Waals surface area contributed by atoms with Gasteiger partial charge >= 0.3 is 0 Å². The molecule has 0 fully saturated rings. The molecule has 0 aliphatic carbocycles. The SMILES string of the molecule is C#Cc1nc(C(=O)Nc2csc(SC)c2)ncc1N(C)C. The molecule has 0 spiro atoms. The first-order chi connectivity index (χ1) is 10.0. The first-order valence-corrected chi connectivity index (χ1v) is 8.10. The topological polar surface area (TPSA) is 58.1 Å². The van der Waals surface area contributed by atoms with Crippen molar-refractivity contribution >= 4 is 40.4 Å². The van der Waals surface area contributed by atoms with Gasteiger partial charge in [-0.3, -0.25) is 4.79 Å². The van der Waals surface area contributed by atoms with Crippen molar-refractivity contribution in [1.82, 2.24) is 9.97 Å². The zero-order valence-electron chi connectivity index (χ0n) is 11.9. The standard InChI is InChI=1S/C14H14N4OS2/c1-5-10-11(18(2)3)7-15-13(17-10)14(19)16-9-6-12(20-4)21-8-9/h1,6-8H,2-4H3,(H,16,19). The van der Waals surface area contributed by atoms with Crippen molar-refractivity contribution in [3.8, 4) is 12.3 Å². The summed E-state index contributed by atoms with van der Waals surface area (Å²) < 4.78 is 1.12. The van der Waals surface area contributed by atoms with E-state index < -0.39 is 0 Å². The van der Waals surface area contributed by atoms with Crippen LogP contribution in [-0.4, -0.2) is 36.2 Å². The molecule has 0 saturated carbocycles. The van der Waals surface area contributed by atoms with Gasteiger partial charge in [0.05, 0.1) is 21.8 Å². The fourth-order valence-electron chi connectivity index (χ4n) is 1.59. The Morgan fingerprint density at radius 3 is 2.86 bits per heavy atom. The van der Waals surface area contributed by atoms with Gasteiger partial charge in [0.1, 0.15) is 5.69 Å². The minimum atomic E-state index is -0.373. The van der Waals surface area contributed by atoms with Crippen LogP contribution in [0.5, 0.6) is 0 Å². The van der Waals surface area contributed by atoms with Gasteiger partial charge in [0.25, 0.3) is 5.91 Å².